The van der Waals surface area contributed by atoms with Crippen molar-refractivity contribution < 1.29 is 9.59 Å². The number of nitrogens with one attached hydrogen (secondary N) is 1. The van der Waals surface area contributed by atoms with Crippen LogP contribution in [-0.2, 0) is 4.79 Å². The Morgan fingerprint density at radius 1 is 1.20 bits per heavy atom. The molecule has 0 aliphatic carbocycles. The number of carbonyl (C=O) groups is 2. The fourth-order valence-corrected chi connectivity index (χ4v) is 2.78. The zero-order chi connectivity index (χ0) is 14.3. The molecule has 2 heterocycles. The second kappa shape index (κ2) is 4.88. The normalized spacial score (nSPS) is 13.3. The maximum absolute atomic E-state index is 11.6. The molecule has 100 valence electrons. The fraction of sp³-hybridized carbons (Fsp3) is 0.0769. The van der Waals surface area contributed by atoms with Crippen LogP contribution in [0.3, 0.4) is 0 Å². The lowest BCUT2D eigenvalue weighted by Gasteiger charge is -2.05. The number of aromatic nitrogens is 2. The standard InChI is InChI=1S/C13H8ClN3O2S/c1-6-4-15-13(16-5-6)20-10-3-9-7(2-8(10)14)11(18)12(19)17-9/h2-5H,1H3,(H,17,18,19). The molecule has 1 N–H and O–H groups in total. The molecule has 2 aromatic rings. The predicted octanol–water partition coefficient (Wildman–Crippen LogP) is 2.72. The smallest absolute Gasteiger partial charge is 0.296 e. The summed E-state index contributed by atoms with van der Waals surface area (Å²) >= 11 is 7.41. The lowest BCUT2D eigenvalue weighted by atomic mass is 10.1. The van der Waals surface area contributed by atoms with Crippen LogP contribution in [0, 0.1) is 6.92 Å². The van der Waals surface area contributed by atoms with E-state index in [9.17, 15) is 9.59 Å². The minimum absolute atomic E-state index is 0.300. The lowest BCUT2D eigenvalue weighted by molar-refractivity contribution is -0.112. The molecule has 0 unspecified atom stereocenters. The van der Waals surface area contributed by atoms with Gasteiger partial charge in [-0.25, -0.2) is 9.97 Å². The highest BCUT2D eigenvalue weighted by Gasteiger charge is 2.29. The maximum atomic E-state index is 11.6. The number of amides is 1. The van der Waals surface area contributed by atoms with Crippen LogP contribution in [0.4, 0.5) is 5.69 Å². The quantitative estimate of drug-likeness (QED) is 0.682. The summed E-state index contributed by atoms with van der Waals surface area (Å²) in [6, 6.07) is 3.15. The third kappa shape index (κ3) is 2.28. The van der Waals surface area contributed by atoms with Crippen molar-refractivity contribution in [1.29, 1.82) is 0 Å². The van der Waals surface area contributed by atoms with E-state index in [2.05, 4.69) is 15.3 Å². The van der Waals surface area contributed by atoms with Gasteiger partial charge in [-0.3, -0.25) is 9.59 Å². The SMILES string of the molecule is Cc1cnc(Sc2cc3c(cc2Cl)C(=O)C(=O)N3)nc1. The molecule has 0 saturated carbocycles. The molecule has 1 aliphatic rings. The number of anilines is 1. The average molecular weight is 306 g/mol. The minimum atomic E-state index is -0.634. The van der Waals surface area contributed by atoms with Gasteiger partial charge in [0.25, 0.3) is 11.7 Å². The molecule has 1 aromatic carbocycles. The topological polar surface area (TPSA) is 72.0 Å². The van der Waals surface area contributed by atoms with E-state index in [1.54, 1.807) is 18.5 Å². The van der Waals surface area contributed by atoms with Crippen LogP contribution < -0.4 is 5.32 Å². The van der Waals surface area contributed by atoms with Gasteiger partial charge in [0.2, 0.25) is 0 Å². The van der Waals surface area contributed by atoms with E-state index in [1.165, 1.54) is 17.8 Å². The zero-order valence-corrected chi connectivity index (χ0v) is 11.9. The second-order valence-corrected chi connectivity index (χ2v) is 5.67. The van der Waals surface area contributed by atoms with Crippen molar-refractivity contribution in [2.45, 2.75) is 17.0 Å². The van der Waals surface area contributed by atoms with E-state index >= 15 is 0 Å². The first-order valence-corrected chi connectivity index (χ1v) is 6.90. The van der Waals surface area contributed by atoms with Gasteiger partial charge < -0.3 is 5.32 Å². The highest BCUT2D eigenvalue weighted by molar-refractivity contribution is 7.99. The highest BCUT2D eigenvalue weighted by atomic mass is 35.5. The molecular formula is C13H8ClN3O2S. The van der Waals surface area contributed by atoms with Gasteiger partial charge in [0.05, 0.1) is 16.3 Å². The van der Waals surface area contributed by atoms with Crippen molar-refractivity contribution in [1.82, 2.24) is 9.97 Å². The molecule has 0 fully saturated rings. The Morgan fingerprint density at radius 2 is 1.90 bits per heavy atom. The average Bonchev–Trinajstić information content (AvgIpc) is 2.69. The van der Waals surface area contributed by atoms with Crippen LogP contribution >= 0.6 is 23.4 Å². The van der Waals surface area contributed by atoms with Crippen LogP contribution in [0.1, 0.15) is 15.9 Å². The summed E-state index contributed by atoms with van der Waals surface area (Å²) in [5.74, 6) is -1.20. The predicted molar refractivity (Wildman–Crippen MR) is 75.3 cm³/mol. The Hall–Kier alpha value is -1.92. The van der Waals surface area contributed by atoms with Gasteiger partial charge in [0.1, 0.15) is 0 Å². The molecule has 1 aromatic heterocycles. The molecule has 3 rings (SSSR count). The number of fused-ring (bicyclic) bond motifs is 1. The number of ketones is 1. The van der Waals surface area contributed by atoms with Crippen LogP contribution in [0.2, 0.25) is 5.02 Å². The molecule has 0 atom stereocenters. The van der Waals surface area contributed by atoms with Gasteiger partial charge >= 0.3 is 0 Å². The molecule has 0 radical (unpaired) electrons. The van der Waals surface area contributed by atoms with E-state index in [1.807, 2.05) is 6.92 Å². The molecule has 0 bridgehead atoms. The maximum Gasteiger partial charge on any atom is 0.296 e. The Balaban J connectivity index is 1.96. The number of rotatable bonds is 2. The number of hydrogen-bond donors (Lipinski definition) is 1. The third-order valence-corrected chi connectivity index (χ3v) is 4.11. The minimum Gasteiger partial charge on any atom is -0.318 e. The van der Waals surface area contributed by atoms with Crippen molar-refractivity contribution in [3.8, 4) is 0 Å². The summed E-state index contributed by atoms with van der Waals surface area (Å²) in [4.78, 5) is 31.9. The van der Waals surface area contributed by atoms with E-state index in [-0.39, 0.29) is 0 Å². The van der Waals surface area contributed by atoms with Crippen molar-refractivity contribution in [3.63, 3.8) is 0 Å². The first-order chi connectivity index (χ1) is 9.54. The van der Waals surface area contributed by atoms with E-state index in [0.717, 1.165) is 5.56 Å². The summed E-state index contributed by atoms with van der Waals surface area (Å²) in [6.45, 7) is 1.90. The van der Waals surface area contributed by atoms with Crippen molar-refractivity contribution in [2.24, 2.45) is 0 Å². The van der Waals surface area contributed by atoms with Gasteiger partial charge in [0, 0.05) is 17.3 Å². The number of hydrogen-bond acceptors (Lipinski definition) is 5. The number of halogens is 1. The third-order valence-electron chi connectivity index (χ3n) is 2.73. The largest absolute Gasteiger partial charge is 0.318 e. The van der Waals surface area contributed by atoms with Crippen LogP contribution in [0.15, 0.2) is 34.6 Å². The fourth-order valence-electron chi connectivity index (χ4n) is 1.76. The van der Waals surface area contributed by atoms with Gasteiger partial charge in [-0.15, -0.1) is 0 Å². The second-order valence-electron chi connectivity index (χ2n) is 4.26. The van der Waals surface area contributed by atoms with Gasteiger partial charge in [0.15, 0.2) is 5.16 Å². The first kappa shape index (κ1) is 13.1. The molecule has 20 heavy (non-hydrogen) atoms. The summed E-state index contributed by atoms with van der Waals surface area (Å²) in [5, 5.41) is 3.45. The Bertz CT molecular complexity index is 731. The van der Waals surface area contributed by atoms with E-state index < -0.39 is 11.7 Å². The molecule has 1 amide bonds. The van der Waals surface area contributed by atoms with Crippen LogP contribution in [0.5, 0.6) is 0 Å². The van der Waals surface area contributed by atoms with E-state index in [0.29, 0.717) is 26.3 Å². The molecule has 1 aliphatic heterocycles. The summed E-state index contributed by atoms with van der Waals surface area (Å²) < 4.78 is 0. The highest BCUT2D eigenvalue weighted by Crippen LogP contribution is 2.37. The van der Waals surface area contributed by atoms with Crippen molar-refractivity contribution >= 4 is 40.7 Å². The molecule has 5 nitrogen and oxygen atoms in total. The lowest BCUT2D eigenvalue weighted by Crippen LogP contribution is -2.12. The number of aryl methyl sites for hydroxylation is 1. The monoisotopic (exact) mass is 305 g/mol. The van der Waals surface area contributed by atoms with E-state index in [4.69, 9.17) is 11.6 Å². The number of benzene rings is 1. The molecule has 0 saturated heterocycles. The molecule has 7 heteroatoms. The van der Waals surface area contributed by atoms with Gasteiger partial charge in [-0.05, 0) is 36.4 Å². The Morgan fingerprint density at radius 3 is 2.60 bits per heavy atom. The molecule has 0 spiro atoms. The number of carbonyl (C=O) groups excluding carboxylic acids is 2. The zero-order valence-electron chi connectivity index (χ0n) is 10.3. The molecular weight excluding hydrogens is 298 g/mol. The summed E-state index contributed by atoms with van der Waals surface area (Å²) in [6.07, 6.45) is 3.42. The number of nitrogens with zero attached hydrogens (tertiary/aromatic N) is 2. The van der Waals surface area contributed by atoms with Gasteiger partial charge in [-0.2, -0.15) is 0 Å². The van der Waals surface area contributed by atoms with Crippen LogP contribution in [-0.4, -0.2) is 21.7 Å². The Kier molecular flexibility index (Phi) is 3.19. The van der Waals surface area contributed by atoms with Crippen LogP contribution in [0.25, 0.3) is 0 Å². The van der Waals surface area contributed by atoms with Gasteiger partial charge in [-0.1, -0.05) is 11.6 Å². The van der Waals surface area contributed by atoms with Crippen molar-refractivity contribution in [3.05, 3.63) is 40.7 Å². The first-order valence-electron chi connectivity index (χ1n) is 5.70. The summed E-state index contributed by atoms with van der Waals surface area (Å²) in [5.41, 5.74) is 1.74. The number of Topliss-reactive ketones (excluding diaryl/α,β-unsaturated/α-hetero) is 1. The Labute approximate surface area is 123 Å². The summed E-state index contributed by atoms with van der Waals surface area (Å²) in [7, 11) is 0. The van der Waals surface area contributed by atoms with Crippen molar-refractivity contribution in [2.75, 3.05) is 5.32 Å².